The van der Waals surface area contributed by atoms with Crippen LogP contribution in [-0.4, -0.2) is 73.5 Å². The van der Waals surface area contributed by atoms with Crippen molar-refractivity contribution in [1.82, 2.24) is 14.1 Å². The molecule has 0 unspecified atom stereocenters. The molecule has 2 fully saturated rings. The van der Waals surface area contributed by atoms with Crippen molar-refractivity contribution in [3.8, 4) is 0 Å². The molecule has 4 rings (SSSR count). The van der Waals surface area contributed by atoms with Gasteiger partial charge in [0.1, 0.15) is 0 Å². The van der Waals surface area contributed by atoms with Gasteiger partial charge in [0, 0.05) is 42.7 Å². The smallest absolute Gasteiger partial charge is 0.243 e. The van der Waals surface area contributed by atoms with E-state index in [0.29, 0.717) is 31.2 Å². The summed E-state index contributed by atoms with van der Waals surface area (Å²) in [6.07, 6.45) is 2.16. The molecule has 1 atom stereocenters. The molecular formula is C22H27N3O4S2. The lowest BCUT2D eigenvalue weighted by molar-refractivity contribution is -0.133. The number of ketones is 1. The molecule has 0 N–H and O–H groups in total. The molecule has 1 aromatic heterocycles. The SMILES string of the molecule is CC(=O)c1ccc(S(=O)(=O)N2CCN(C(=O)CN3CCC[C@@H]3c3cccs3)CC2)cc1. The lowest BCUT2D eigenvalue weighted by Crippen LogP contribution is -2.52. The second-order valence-corrected chi connectivity index (χ2v) is 10.9. The average Bonchev–Trinajstić information content (AvgIpc) is 3.45. The van der Waals surface area contributed by atoms with Gasteiger partial charge in [-0.05, 0) is 49.9 Å². The topological polar surface area (TPSA) is 78.0 Å². The normalized spacial score (nSPS) is 20.8. The standard InChI is InChI=1S/C22H27N3O4S2/c1-17(26)18-6-8-19(9-7-18)31(28,29)25-13-11-23(12-14-25)22(27)16-24-10-2-4-20(24)21-5-3-15-30-21/h3,5-9,15,20H,2,4,10-14,16H2,1H3/t20-/m1/s1. The van der Waals surface area contributed by atoms with Gasteiger partial charge in [-0.25, -0.2) is 8.42 Å². The Morgan fingerprint density at radius 1 is 1.03 bits per heavy atom. The summed E-state index contributed by atoms with van der Waals surface area (Å²) in [6, 6.07) is 10.5. The van der Waals surface area contributed by atoms with Crippen molar-refractivity contribution >= 4 is 33.1 Å². The fraction of sp³-hybridized carbons (Fsp3) is 0.455. The van der Waals surface area contributed by atoms with Crippen molar-refractivity contribution < 1.29 is 18.0 Å². The largest absolute Gasteiger partial charge is 0.339 e. The highest BCUT2D eigenvalue weighted by molar-refractivity contribution is 7.89. The Morgan fingerprint density at radius 3 is 2.35 bits per heavy atom. The van der Waals surface area contributed by atoms with Crippen molar-refractivity contribution in [3.05, 3.63) is 52.2 Å². The first-order valence-corrected chi connectivity index (χ1v) is 12.8. The summed E-state index contributed by atoms with van der Waals surface area (Å²) in [4.78, 5) is 29.8. The Morgan fingerprint density at radius 2 is 1.74 bits per heavy atom. The first-order valence-electron chi connectivity index (χ1n) is 10.5. The summed E-state index contributed by atoms with van der Waals surface area (Å²) >= 11 is 1.73. The molecule has 2 aliphatic rings. The molecule has 3 heterocycles. The highest BCUT2D eigenvalue weighted by Crippen LogP contribution is 2.34. The van der Waals surface area contributed by atoms with E-state index in [2.05, 4.69) is 16.3 Å². The van der Waals surface area contributed by atoms with Crippen molar-refractivity contribution in [2.75, 3.05) is 39.3 Å². The number of Topliss-reactive ketones (excluding diaryl/α,β-unsaturated/α-hetero) is 1. The fourth-order valence-electron chi connectivity index (χ4n) is 4.28. The summed E-state index contributed by atoms with van der Waals surface area (Å²) in [7, 11) is -3.64. The average molecular weight is 462 g/mol. The highest BCUT2D eigenvalue weighted by Gasteiger charge is 2.33. The second kappa shape index (κ2) is 9.20. The van der Waals surface area contributed by atoms with Crippen LogP contribution < -0.4 is 0 Å². The number of carbonyl (C=O) groups is 2. The van der Waals surface area contributed by atoms with E-state index in [1.54, 1.807) is 16.2 Å². The molecule has 2 aromatic rings. The van der Waals surface area contributed by atoms with E-state index in [0.717, 1.165) is 19.4 Å². The van der Waals surface area contributed by atoms with Crippen LogP contribution >= 0.6 is 11.3 Å². The molecule has 7 nitrogen and oxygen atoms in total. The van der Waals surface area contributed by atoms with Crippen molar-refractivity contribution in [1.29, 1.82) is 0 Å². The Balaban J connectivity index is 1.34. The maximum absolute atomic E-state index is 12.9. The Kier molecular flexibility index (Phi) is 6.57. The minimum Gasteiger partial charge on any atom is -0.339 e. The van der Waals surface area contributed by atoms with Crippen molar-refractivity contribution in [2.24, 2.45) is 0 Å². The number of hydrogen-bond acceptors (Lipinski definition) is 6. The lowest BCUT2D eigenvalue weighted by atomic mass is 10.2. The van der Waals surface area contributed by atoms with Gasteiger partial charge < -0.3 is 4.90 Å². The van der Waals surface area contributed by atoms with E-state index in [1.807, 2.05) is 6.07 Å². The van der Waals surface area contributed by atoms with Crippen LogP contribution in [0.15, 0.2) is 46.7 Å². The zero-order valence-corrected chi connectivity index (χ0v) is 19.2. The summed E-state index contributed by atoms with van der Waals surface area (Å²) in [5.41, 5.74) is 0.483. The van der Waals surface area contributed by atoms with Gasteiger partial charge in [0.2, 0.25) is 15.9 Å². The Labute approximate surface area is 187 Å². The number of carbonyl (C=O) groups excluding carboxylic acids is 2. The summed E-state index contributed by atoms with van der Waals surface area (Å²) in [5, 5.41) is 2.07. The predicted octanol–water partition coefficient (Wildman–Crippen LogP) is 2.62. The number of benzene rings is 1. The Hall–Kier alpha value is -2.07. The fourth-order valence-corrected chi connectivity index (χ4v) is 6.60. The third-order valence-corrected chi connectivity index (χ3v) is 8.95. The molecule has 0 bridgehead atoms. The van der Waals surface area contributed by atoms with Gasteiger partial charge in [0.15, 0.2) is 5.78 Å². The van der Waals surface area contributed by atoms with E-state index in [-0.39, 0.29) is 29.7 Å². The van der Waals surface area contributed by atoms with E-state index >= 15 is 0 Å². The minimum atomic E-state index is -3.64. The number of rotatable bonds is 6. The third-order valence-electron chi connectivity index (χ3n) is 6.06. The quantitative estimate of drug-likeness (QED) is 0.618. The van der Waals surface area contributed by atoms with Crippen molar-refractivity contribution in [2.45, 2.75) is 30.7 Å². The second-order valence-electron chi connectivity index (χ2n) is 8.01. The number of piperazine rings is 1. The number of sulfonamides is 1. The third kappa shape index (κ3) is 4.74. The molecule has 1 amide bonds. The number of hydrogen-bond donors (Lipinski definition) is 0. The van der Waals surface area contributed by atoms with Crippen LogP contribution in [0.25, 0.3) is 0 Å². The molecule has 2 saturated heterocycles. The molecule has 0 aliphatic carbocycles. The summed E-state index contributed by atoms with van der Waals surface area (Å²) in [5.74, 6) is -0.0401. The van der Waals surface area contributed by atoms with Crippen LogP contribution in [0.4, 0.5) is 0 Å². The number of amides is 1. The minimum absolute atomic E-state index is 0.0614. The summed E-state index contributed by atoms with van der Waals surface area (Å²) in [6.45, 7) is 4.07. The molecule has 2 aliphatic heterocycles. The maximum atomic E-state index is 12.9. The van der Waals surface area contributed by atoms with Gasteiger partial charge in [-0.1, -0.05) is 18.2 Å². The van der Waals surface area contributed by atoms with Gasteiger partial charge in [-0.3, -0.25) is 14.5 Å². The van der Waals surface area contributed by atoms with Crippen LogP contribution in [-0.2, 0) is 14.8 Å². The van der Waals surface area contributed by atoms with E-state index in [9.17, 15) is 18.0 Å². The monoisotopic (exact) mass is 461 g/mol. The highest BCUT2D eigenvalue weighted by atomic mass is 32.2. The number of thiophene rings is 1. The predicted molar refractivity (Wildman–Crippen MR) is 120 cm³/mol. The molecule has 31 heavy (non-hydrogen) atoms. The number of likely N-dealkylation sites (tertiary alicyclic amines) is 1. The molecule has 1 aromatic carbocycles. The van der Waals surface area contributed by atoms with Crippen LogP contribution in [0.5, 0.6) is 0 Å². The van der Waals surface area contributed by atoms with Crippen LogP contribution in [0, 0.1) is 0 Å². The molecule has 166 valence electrons. The number of nitrogens with zero attached hydrogens (tertiary/aromatic N) is 3. The molecule has 9 heteroatoms. The summed E-state index contributed by atoms with van der Waals surface area (Å²) < 4.78 is 27.3. The van der Waals surface area contributed by atoms with Gasteiger partial charge >= 0.3 is 0 Å². The van der Waals surface area contributed by atoms with Gasteiger partial charge in [-0.2, -0.15) is 4.31 Å². The van der Waals surface area contributed by atoms with Crippen LogP contribution in [0.1, 0.15) is 41.0 Å². The van der Waals surface area contributed by atoms with Crippen molar-refractivity contribution in [3.63, 3.8) is 0 Å². The zero-order valence-electron chi connectivity index (χ0n) is 17.6. The lowest BCUT2D eigenvalue weighted by Gasteiger charge is -2.35. The first-order chi connectivity index (χ1) is 14.9. The molecule has 0 radical (unpaired) electrons. The van der Waals surface area contributed by atoms with Gasteiger partial charge in [0.25, 0.3) is 0 Å². The molecule has 0 saturated carbocycles. The van der Waals surface area contributed by atoms with Crippen LogP contribution in [0.2, 0.25) is 0 Å². The zero-order chi connectivity index (χ0) is 22.0. The molecule has 0 spiro atoms. The maximum Gasteiger partial charge on any atom is 0.243 e. The molecular weight excluding hydrogens is 434 g/mol. The Bertz CT molecular complexity index is 1030. The van der Waals surface area contributed by atoms with E-state index in [1.165, 1.54) is 40.4 Å². The first kappa shape index (κ1) is 22.1. The van der Waals surface area contributed by atoms with Crippen LogP contribution in [0.3, 0.4) is 0 Å². The van der Waals surface area contributed by atoms with E-state index in [4.69, 9.17) is 0 Å². The van der Waals surface area contributed by atoms with Gasteiger partial charge in [-0.15, -0.1) is 11.3 Å². The van der Waals surface area contributed by atoms with Gasteiger partial charge in [0.05, 0.1) is 11.4 Å². The van der Waals surface area contributed by atoms with E-state index < -0.39 is 10.0 Å².